The number of rotatable bonds is 3. The average molecular weight is 387 g/mol. The summed E-state index contributed by atoms with van der Waals surface area (Å²) in [5.74, 6) is 0.476. The van der Waals surface area contributed by atoms with Crippen molar-refractivity contribution in [1.29, 1.82) is 0 Å². The maximum Gasteiger partial charge on any atom is 0.446 e. The second kappa shape index (κ2) is 6.62. The molecule has 0 saturated carbocycles. The summed E-state index contributed by atoms with van der Waals surface area (Å²) in [5.41, 5.74) is -2.12. The Morgan fingerprint density at radius 2 is 1.78 bits per heavy atom. The molecule has 0 bridgehead atoms. The molecule has 0 amide bonds. The first kappa shape index (κ1) is 17.4. The van der Waals surface area contributed by atoms with Crippen LogP contribution in [0.3, 0.4) is 0 Å². The normalized spacial score (nSPS) is 11.8. The van der Waals surface area contributed by atoms with Crippen LogP contribution in [0, 0.1) is 0 Å². The molecule has 4 aromatic rings. The number of thioether (sulfide) groups is 1. The van der Waals surface area contributed by atoms with Crippen LogP contribution in [-0.2, 0) is 0 Å². The van der Waals surface area contributed by atoms with Crippen molar-refractivity contribution in [1.82, 2.24) is 14.5 Å². The third-order valence-electron chi connectivity index (χ3n) is 3.91. The molecule has 4 nitrogen and oxygen atoms in total. The number of nitrogens with one attached hydrogen (secondary N) is 1. The first-order valence-electron chi connectivity index (χ1n) is 7.93. The number of hydrogen-bond donors (Lipinski definition) is 1. The molecule has 0 atom stereocenters. The van der Waals surface area contributed by atoms with Crippen molar-refractivity contribution >= 4 is 22.8 Å². The minimum Gasteiger partial charge on any atom is -0.338 e. The zero-order chi connectivity index (χ0) is 19.0. The number of para-hydroxylation sites is 1. The molecule has 0 saturated heterocycles. The second-order valence-electron chi connectivity index (χ2n) is 5.77. The van der Waals surface area contributed by atoms with Gasteiger partial charge in [0.05, 0.1) is 11.0 Å². The van der Waals surface area contributed by atoms with Crippen LogP contribution in [-0.4, -0.2) is 20.0 Å². The fourth-order valence-electron chi connectivity index (χ4n) is 2.74. The molecule has 4 rings (SSSR count). The molecular formula is C19H12F3N3OS. The van der Waals surface area contributed by atoms with E-state index in [1.54, 1.807) is 12.3 Å². The Morgan fingerprint density at radius 1 is 1.00 bits per heavy atom. The van der Waals surface area contributed by atoms with Crippen LogP contribution in [0.2, 0.25) is 0 Å². The van der Waals surface area contributed by atoms with Gasteiger partial charge in [-0.25, -0.2) is 4.98 Å². The van der Waals surface area contributed by atoms with Crippen molar-refractivity contribution in [3.05, 3.63) is 77.2 Å². The van der Waals surface area contributed by atoms with Gasteiger partial charge in [0, 0.05) is 28.4 Å². The van der Waals surface area contributed by atoms with Crippen molar-refractivity contribution in [3.63, 3.8) is 0 Å². The summed E-state index contributed by atoms with van der Waals surface area (Å²) in [6, 6.07) is 16.5. The predicted molar refractivity (Wildman–Crippen MR) is 99.0 cm³/mol. The molecule has 0 aliphatic heterocycles. The number of aromatic amines is 1. The summed E-state index contributed by atoms with van der Waals surface area (Å²) in [4.78, 5) is 19.7. The SMILES string of the molecule is O=c1ccc(-c2nc3ccc(SC(F)(F)F)cc3[nH]2)cn1-c1ccccc1. The van der Waals surface area contributed by atoms with Gasteiger partial charge >= 0.3 is 5.51 Å². The fraction of sp³-hybridized carbons (Fsp3) is 0.0526. The molecule has 2 aromatic carbocycles. The molecule has 8 heteroatoms. The molecule has 0 aliphatic rings. The lowest BCUT2D eigenvalue weighted by molar-refractivity contribution is -0.0328. The van der Waals surface area contributed by atoms with E-state index in [2.05, 4.69) is 9.97 Å². The average Bonchev–Trinajstić information content (AvgIpc) is 3.05. The Bertz CT molecular complexity index is 1170. The van der Waals surface area contributed by atoms with E-state index in [1.165, 1.54) is 28.8 Å². The number of alkyl halides is 3. The molecule has 2 aromatic heterocycles. The largest absolute Gasteiger partial charge is 0.446 e. The number of benzene rings is 2. The molecule has 0 fully saturated rings. The Kier molecular flexibility index (Phi) is 4.27. The molecule has 0 spiro atoms. The van der Waals surface area contributed by atoms with E-state index in [1.807, 2.05) is 30.3 Å². The van der Waals surface area contributed by atoms with Gasteiger partial charge in [0.2, 0.25) is 0 Å². The highest BCUT2D eigenvalue weighted by atomic mass is 32.2. The van der Waals surface area contributed by atoms with Gasteiger partial charge in [-0.15, -0.1) is 0 Å². The van der Waals surface area contributed by atoms with Gasteiger partial charge in [-0.2, -0.15) is 13.2 Å². The molecule has 1 N–H and O–H groups in total. The number of pyridine rings is 1. The summed E-state index contributed by atoms with van der Waals surface area (Å²) in [5, 5.41) is 0. The zero-order valence-corrected chi connectivity index (χ0v) is 14.5. The minimum atomic E-state index is -4.35. The summed E-state index contributed by atoms with van der Waals surface area (Å²) in [7, 11) is 0. The standard InChI is InChI=1S/C19H12F3N3OS/c20-19(21,22)27-14-7-8-15-16(10-14)24-18(23-15)12-6-9-17(26)25(11-12)13-4-2-1-3-5-13/h1-11H,(H,23,24). The van der Waals surface area contributed by atoms with E-state index >= 15 is 0 Å². The van der Waals surface area contributed by atoms with Crippen molar-refractivity contribution in [2.75, 3.05) is 0 Å². The first-order valence-corrected chi connectivity index (χ1v) is 8.75. The second-order valence-corrected chi connectivity index (χ2v) is 6.91. The van der Waals surface area contributed by atoms with Gasteiger partial charge in [0.15, 0.2) is 0 Å². The van der Waals surface area contributed by atoms with Gasteiger partial charge in [-0.05, 0) is 48.2 Å². The van der Waals surface area contributed by atoms with Crippen LogP contribution in [0.5, 0.6) is 0 Å². The van der Waals surface area contributed by atoms with Crippen molar-refractivity contribution in [2.45, 2.75) is 10.4 Å². The number of H-pyrrole nitrogens is 1. The fourth-order valence-corrected chi connectivity index (χ4v) is 3.32. The molecule has 0 radical (unpaired) electrons. The third kappa shape index (κ3) is 3.75. The highest BCUT2D eigenvalue weighted by Gasteiger charge is 2.29. The zero-order valence-electron chi connectivity index (χ0n) is 13.7. The highest BCUT2D eigenvalue weighted by molar-refractivity contribution is 8.00. The maximum atomic E-state index is 12.6. The Labute approximate surface area is 155 Å². The number of fused-ring (bicyclic) bond motifs is 1. The molecule has 0 aliphatic carbocycles. The van der Waals surface area contributed by atoms with E-state index in [9.17, 15) is 18.0 Å². The maximum absolute atomic E-state index is 12.6. The van der Waals surface area contributed by atoms with Crippen LogP contribution in [0.25, 0.3) is 28.1 Å². The topological polar surface area (TPSA) is 50.7 Å². The van der Waals surface area contributed by atoms with Gasteiger partial charge in [0.25, 0.3) is 5.56 Å². The number of aromatic nitrogens is 3. The van der Waals surface area contributed by atoms with Crippen LogP contribution >= 0.6 is 11.8 Å². The van der Waals surface area contributed by atoms with Crippen LogP contribution in [0.4, 0.5) is 13.2 Å². The first-order chi connectivity index (χ1) is 12.9. The van der Waals surface area contributed by atoms with Crippen LogP contribution in [0.1, 0.15) is 0 Å². The van der Waals surface area contributed by atoms with E-state index < -0.39 is 5.51 Å². The quantitative estimate of drug-likeness (QED) is 0.504. The predicted octanol–water partition coefficient (Wildman–Crippen LogP) is 4.99. The van der Waals surface area contributed by atoms with Gasteiger partial charge < -0.3 is 4.98 Å². The van der Waals surface area contributed by atoms with Gasteiger partial charge in [-0.1, -0.05) is 18.2 Å². The van der Waals surface area contributed by atoms with E-state index in [0.29, 0.717) is 28.1 Å². The summed E-state index contributed by atoms with van der Waals surface area (Å²) < 4.78 is 39.2. The summed E-state index contributed by atoms with van der Waals surface area (Å²) in [6.07, 6.45) is 1.65. The van der Waals surface area contributed by atoms with E-state index in [4.69, 9.17) is 0 Å². The molecule has 0 unspecified atom stereocenters. The minimum absolute atomic E-state index is 0.0828. The van der Waals surface area contributed by atoms with Gasteiger partial charge in [-0.3, -0.25) is 9.36 Å². The number of hydrogen-bond acceptors (Lipinski definition) is 3. The summed E-state index contributed by atoms with van der Waals surface area (Å²) in [6.45, 7) is 0. The van der Waals surface area contributed by atoms with E-state index in [-0.39, 0.29) is 22.2 Å². The molecule has 27 heavy (non-hydrogen) atoms. The Balaban J connectivity index is 1.75. The number of halogens is 3. The van der Waals surface area contributed by atoms with Crippen molar-refractivity contribution in [3.8, 4) is 17.1 Å². The number of nitrogens with zero attached hydrogens (tertiary/aromatic N) is 2. The highest BCUT2D eigenvalue weighted by Crippen LogP contribution is 2.37. The van der Waals surface area contributed by atoms with E-state index in [0.717, 1.165) is 0 Å². The monoisotopic (exact) mass is 387 g/mol. The molecule has 136 valence electrons. The Morgan fingerprint density at radius 3 is 2.52 bits per heavy atom. The van der Waals surface area contributed by atoms with Gasteiger partial charge in [0.1, 0.15) is 5.82 Å². The summed E-state index contributed by atoms with van der Waals surface area (Å²) >= 11 is -0.171. The molecule has 2 heterocycles. The molecular weight excluding hydrogens is 375 g/mol. The van der Waals surface area contributed by atoms with Crippen molar-refractivity contribution < 1.29 is 13.2 Å². The number of imidazole rings is 1. The smallest absolute Gasteiger partial charge is 0.338 e. The lowest BCUT2D eigenvalue weighted by Crippen LogP contribution is -2.16. The third-order valence-corrected chi connectivity index (χ3v) is 4.63. The Hall–Kier alpha value is -3.00. The lowest BCUT2D eigenvalue weighted by Gasteiger charge is -2.06. The lowest BCUT2D eigenvalue weighted by atomic mass is 10.2. The van der Waals surface area contributed by atoms with Crippen molar-refractivity contribution in [2.24, 2.45) is 0 Å². The van der Waals surface area contributed by atoms with Crippen LogP contribution < -0.4 is 5.56 Å². The van der Waals surface area contributed by atoms with Crippen LogP contribution in [0.15, 0.2) is 76.6 Å².